The van der Waals surface area contributed by atoms with Crippen LogP contribution in [-0.2, 0) is 11.3 Å². The summed E-state index contributed by atoms with van der Waals surface area (Å²) in [6.07, 6.45) is 4.40. The third kappa shape index (κ3) is 4.69. The van der Waals surface area contributed by atoms with Crippen LogP contribution in [0.4, 0.5) is 5.69 Å². The van der Waals surface area contributed by atoms with Crippen LogP contribution in [0.15, 0.2) is 47.9 Å². The Kier molecular flexibility index (Phi) is 6.65. The summed E-state index contributed by atoms with van der Waals surface area (Å²) in [5.41, 5.74) is 2.67. The summed E-state index contributed by atoms with van der Waals surface area (Å²) in [6.45, 7) is 4.85. The summed E-state index contributed by atoms with van der Waals surface area (Å²) in [5, 5.41) is 12.2. The molecular weight excluding hydrogens is 374 g/mol. The lowest BCUT2D eigenvalue weighted by Crippen LogP contribution is -2.15. The number of amides is 1. The molecule has 0 saturated heterocycles. The zero-order chi connectivity index (χ0) is 19.9. The van der Waals surface area contributed by atoms with E-state index in [1.807, 2.05) is 41.8 Å². The van der Waals surface area contributed by atoms with Crippen molar-refractivity contribution < 1.29 is 9.53 Å². The van der Waals surface area contributed by atoms with Crippen molar-refractivity contribution in [2.75, 3.05) is 18.2 Å². The Morgan fingerprint density at radius 3 is 2.71 bits per heavy atom. The van der Waals surface area contributed by atoms with E-state index in [-0.39, 0.29) is 11.7 Å². The van der Waals surface area contributed by atoms with E-state index in [0.717, 1.165) is 35.1 Å². The maximum atomic E-state index is 12.5. The fourth-order valence-electron chi connectivity index (χ4n) is 2.77. The third-order valence-electron chi connectivity index (χ3n) is 4.06. The number of benzene rings is 1. The number of aryl methyl sites for hydroxylation is 1. The van der Waals surface area contributed by atoms with Crippen molar-refractivity contribution in [3.8, 4) is 17.1 Å². The van der Waals surface area contributed by atoms with Gasteiger partial charge in [0.2, 0.25) is 5.91 Å². The summed E-state index contributed by atoms with van der Waals surface area (Å²) >= 11 is 1.37. The first kappa shape index (κ1) is 19.9. The molecule has 0 saturated carbocycles. The van der Waals surface area contributed by atoms with Crippen molar-refractivity contribution in [1.82, 2.24) is 19.7 Å². The Morgan fingerprint density at radius 1 is 1.21 bits per heavy atom. The molecule has 28 heavy (non-hydrogen) atoms. The molecule has 1 aromatic carbocycles. The minimum Gasteiger partial charge on any atom is -0.495 e. The molecule has 146 valence electrons. The first-order chi connectivity index (χ1) is 13.6. The third-order valence-corrected chi connectivity index (χ3v) is 5.03. The molecule has 0 aliphatic carbocycles. The fraction of sp³-hybridized carbons (Fsp3) is 0.300. The number of anilines is 1. The highest BCUT2D eigenvalue weighted by Crippen LogP contribution is 2.27. The highest BCUT2D eigenvalue weighted by Gasteiger charge is 2.16. The van der Waals surface area contributed by atoms with Crippen molar-refractivity contribution in [2.24, 2.45) is 0 Å². The van der Waals surface area contributed by atoms with Gasteiger partial charge in [-0.25, -0.2) is 0 Å². The number of hydrogen-bond acceptors (Lipinski definition) is 6. The van der Waals surface area contributed by atoms with E-state index in [1.54, 1.807) is 19.5 Å². The first-order valence-corrected chi connectivity index (χ1v) is 10.0. The van der Waals surface area contributed by atoms with Crippen LogP contribution in [0, 0.1) is 6.92 Å². The monoisotopic (exact) mass is 397 g/mol. The molecule has 2 heterocycles. The Labute approximate surface area is 168 Å². The smallest absolute Gasteiger partial charge is 0.234 e. The van der Waals surface area contributed by atoms with Crippen molar-refractivity contribution in [3.05, 3.63) is 48.3 Å². The topological polar surface area (TPSA) is 81.9 Å². The summed E-state index contributed by atoms with van der Waals surface area (Å²) in [7, 11) is 1.59. The number of pyridine rings is 1. The quantitative estimate of drug-likeness (QED) is 0.582. The standard InChI is InChI=1S/C20H23N5O2S/c1-4-11-25-19(15-7-9-21-10-8-15)23-24-20(25)28-13-18(26)22-16-12-14(2)5-6-17(16)27-3/h5-10,12H,4,11,13H2,1-3H3,(H,22,26). The zero-order valence-corrected chi connectivity index (χ0v) is 17.0. The molecule has 2 aromatic heterocycles. The largest absolute Gasteiger partial charge is 0.495 e. The van der Waals surface area contributed by atoms with Gasteiger partial charge in [0, 0.05) is 24.5 Å². The maximum Gasteiger partial charge on any atom is 0.234 e. The minimum atomic E-state index is -0.120. The lowest BCUT2D eigenvalue weighted by Gasteiger charge is -2.11. The number of nitrogens with one attached hydrogen (secondary N) is 1. The highest BCUT2D eigenvalue weighted by molar-refractivity contribution is 7.99. The molecule has 0 aliphatic rings. The van der Waals surface area contributed by atoms with E-state index < -0.39 is 0 Å². The number of aromatic nitrogens is 4. The molecule has 1 amide bonds. The summed E-state index contributed by atoms with van der Waals surface area (Å²) < 4.78 is 7.36. The van der Waals surface area contributed by atoms with E-state index in [9.17, 15) is 4.79 Å². The van der Waals surface area contributed by atoms with E-state index in [0.29, 0.717) is 11.4 Å². The number of methoxy groups -OCH3 is 1. The second-order valence-corrected chi connectivity index (χ2v) is 7.18. The Morgan fingerprint density at radius 2 is 2.00 bits per heavy atom. The average Bonchev–Trinajstić information content (AvgIpc) is 3.10. The molecule has 0 radical (unpaired) electrons. The summed E-state index contributed by atoms with van der Waals surface area (Å²) in [4.78, 5) is 16.5. The van der Waals surface area contributed by atoms with Gasteiger partial charge in [-0.05, 0) is 43.2 Å². The number of ether oxygens (including phenoxy) is 1. The van der Waals surface area contributed by atoms with Gasteiger partial charge in [-0.15, -0.1) is 10.2 Å². The van der Waals surface area contributed by atoms with Crippen LogP contribution in [0.2, 0.25) is 0 Å². The normalized spacial score (nSPS) is 10.7. The van der Waals surface area contributed by atoms with Gasteiger partial charge in [-0.3, -0.25) is 9.78 Å². The van der Waals surface area contributed by atoms with Crippen LogP contribution in [0.25, 0.3) is 11.4 Å². The lowest BCUT2D eigenvalue weighted by molar-refractivity contribution is -0.113. The molecular formula is C20H23N5O2S. The molecule has 0 bridgehead atoms. The molecule has 3 aromatic rings. The van der Waals surface area contributed by atoms with Gasteiger partial charge in [0.1, 0.15) is 5.75 Å². The predicted octanol–water partition coefficient (Wildman–Crippen LogP) is 3.80. The van der Waals surface area contributed by atoms with Crippen LogP contribution in [0.3, 0.4) is 0 Å². The molecule has 3 rings (SSSR count). The molecule has 0 atom stereocenters. The summed E-state index contributed by atoms with van der Waals surface area (Å²) in [5.74, 6) is 1.53. The lowest BCUT2D eigenvalue weighted by atomic mass is 10.2. The molecule has 7 nitrogen and oxygen atoms in total. The number of hydrogen-bond donors (Lipinski definition) is 1. The number of carbonyl (C=O) groups is 1. The van der Waals surface area contributed by atoms with E-state index in [1.165, 1.54) is 11.8 Å². The van der Waals surface area contributed by atoms with Gasteiger partial charge in [-0.2, -0.15) is 0 Å². The number of thioether (sulfide) groups is 1. The second-order valence-electron chi connectivity index (χ2n) is 6.23. The molecule has 0 fully saturated rings. The second kappa shape index (κ2) is 9.36. The Hall–Kier alpha value is -2.87. The van der Waals surface area contributed by atoms with Crippen molar-refractivity contribution in [1.29, 1.82) is 0 Å². The van der Waals surface area contributed by atoms with Crippen molar-refractivity contribution in [3.63, 3.8) is 0 Å². The fourth-order valence-corrected chi connectivity index (χ4v) is 3.54. The molecule has 1 N–H and O–H groups in total. The van der Waals surface area contributed by atoms with Gasteiger partial charge in [0.05, 0.1) is 18.6 Å². The van der Waals surface area contributed by atoms with Gasteiger partial charge < -0.3 is 14.6 Å². The van der Waals surface area contributed by atoms with Gasteiger partial charge in [0.25, 0.3) is 0 Å². The molecule has 0 unspecified atom stereocenters. The maximum absolute atomic E-state index is 12.5. The van der Waals surface area contributed by atoms with Crippen LogP contribution in [0.5, 0.6) is 5.75 Å². The minimum absolute atomic E-state index is 0.120. The molecule has 8 heteroatoms. The molecule has 0 aliphatic heterocycles. The number of rotatable bonds is 8. The van der Waals surface area contributed by atoms with E-state index >= 15 is 0 Å². The summed E-state index contributed by atoms with van der Waals surface area (Å²) in [6, 6.07) is 9.49. The van der Waals surface area contributed by atoms with Gasteiger partial charge in [-0.1, -0.05) is 24.8 Å². The molecule has 0 spiro atoms. The van der Waals surface area contributed by atoms with Crippen LogP contribution in [-0.4, -0.2) is 38.5 Å². The van der Waals surface area contributed by atoms with Crippen LogP contribution < -0.4 is 10.1 Å². The Balaban J connectivity index is 1.71. The van der Waals surface area contributed by atoms with Gasteiger partial charge >= 0.3 is 0 Å². The van der Waals surface area contributed by atoms with Crippen LogP contribution in [0.1, 0.15) is 18.9 Å². The average molecular weight is 398 g/mol. The highest BCUT2D eigenvalue weighted by atomic mass is 32.2. The van der Waals surface area contributed by atoms with E-state index in [4.69, 9.17) is 4.74 Å². The number of nitrogens with zero attached hydrogens (tertiary/aromatic N) is 4. The van der Waals surface area contributed by atoms with E-state index in [2.05, 4.69) is 27.4 Å². The van der Waals surface area contributed by atoms with Gasteiger partial charge in [0.15, 0.2) is 11.0 Å². The van der Waals surface area contributed by atoms with Crippen LogP contribution >= 0.6 is 11.8 Å². The van der Waals surface area contributed by atoms with Crippen molar-refractivity contribution in [2.45, 2.75) is 32.0 Å². The first-order valence-electron chi connectivity index (χ1n) is 9.03. The zero-order valence-electron chi connectivity index (χ0n) is 16.2. The predicted molar refractivity (Wildman–Crippen MR) is 111 cm³/mol. The Bertz CT molecular complexity index is 943. The SMILES string of the molecule is CCCn1c(SCC(=O)Nc2cc(C)ccc2OC)nnc1-c1ccncc1. The van der Waals surface area contributed by atoms with Crippen molar-refractivity contribution >= 4 is 23.4 Å². The number of carbonyl (C=O) groups excluding carboxylic acids is 1.